The van der Waals surface area contributed by atoms with Crippen molar-refractivity contribution in [1.82, 2.24) is 0 Å². The Morgan fingerprint density at radius 3 is 2.77 bits per heavy atom. The van der Waals surface area contributed by atoms with E-state index in [9.17, 15) is 5.11 Å². The van der Waals surface area contributed by atoms with E-state index in [1.165, 1.54) is 5.69 Å². The smallest absolute Gasteiger partial charge is 0.0731 e. The van der Waals surface area contributed by atoms with E-state index in [4.69, 9.17) is 0 Å². The lowest BCUT2D eigenvalue weighted by Crippen LogP contribution is -2.21. The Labute approximate surface area is 86.3 Å². The Hall–Kier alpha value is -0.540. The van der Waals surface area contributed by atoms with Gasteiger partial charge >= 0.3 is 0 Å². The molecule has 3 heteroatoms. The molecule has 1 atom stereocenters. The minimum atomic E-state index is -0.160. The van der Waals surface area contributed by atoms with Crippen LogP contribution >= 0.6 is 15.9 Å². The highest BCUT2D eigenvalue weighted by atomic mass is 79.9. The molecule has 2 nitrogen and oxygen atoms in total. The number of hydrogen-bond acceptors (Lipinski definition) is 2. The fourth-order valence-corrected chi connectivity index (χ4v) is 2.20. The predicted octanol–water partition coefficient (Wildman–Crippen LogP) is 2.02. The Balaban J connectivity index is 2.21. The van der Waals surface area contributed by atoms with E-state index < -0.39 is 0 Å². The van der Waals surface area contributed by atoms with Gasteiger partial charge in [0.05, 0.1) is 11.8 Å². The number of benzene rings is 1. The first-order valence-corrected chi connectivity index (χ1v) is 5.24. The standard InChI is InChI=1S/C10H12BrNO/c11-9-3-1-2-4-10(9)12-6-5-8(13)7-12/h1-4,8,13H,5-7H2/t8-/m0/s1. The monoisotopic (exact) mass is 241 g/mol. The first-order valence-electron chi connectivity index (χ1n) is 4.45. The molecule has 1 saturated heterocycles. The summed E-state index contributed by atoms with van der Waals surface area (Å²) in [5.41, 5.74) is 1.18. The topological polar surface area (TPSA) is 23.5 Å². The molecule has 1 aromatic carbocycles. The molecule has 0 radical (unpaired) electrons. The Bertz CT molecular complexity index is 303. The highest BCUT2D eigenvalue weighted by Gasteiger charge is 2.21. The molecule has 1 N–H and O–H groups in total. The van der Waals surface area contributed by atoms with E-state index in [1.54, 1.807) is 0 Å². The van der Waals surface area contributed by atoms with Gasteiger partial charge < -0.3 is 10.0 Å². The van der Waals surface area contributed by atoms with Gasteiger partial charge in [-0.15, -0.1) is 0 Å². The number of hydrogen-bond donors (Lipinski definition) is 1. The third-order valence-electron chi connectivity index (χ3n) is 2.36. The van der Waals surface area contributed by atoms with Crippen LogP contribution in [0.15, 0.2) is 28.7 Å². The van der Waals surface area contributed by atoms with E-state index in [1.807, 2.05) is 18.2 Å². The third kappa shape index (κ3) is 1.86. The van der Waals surface area contributed by atoms with Gasteiger partial charge in [-0.3, -0.25) is 0 Å². The molecular weight excluding hydrogens is 230 g/mol. The van der Waals surface area contributed by atoms with Crippen molar-refractivity contribution in [3.8, 4) is 0 Å². The van der Waals surface area contributed by atoms with Crippen LogP contribution in [0.5, 0.6) is 0 Å². The van der Waals surface area contributed by atoms with Crippen LogP contribution in [0.2, 0.25) is 0 Å². The van der Waals surface area contributed by atoms with Gasteiger partial charge in [0.15, 0.2) is 0 Å². The lowest BCUT2D eigenvalue weighted by atomic mass is 10.3. The second-order valence-corrected chi connectivity index (χ2v) is 4.19. The highest BCUT2D eigenvalue weighted by Crippen LogP contribution is 2.28. The second-order valence-electron chi connectivity index (χ2n) is 3.34. The van der Waals surface area contributed by atoms with Crippen molar-refractivity contribution in [3.05, 3.63) is 28.7 Å². The van der Waals surface area contributed by atoms with Crippen molar-refractivity contribution in [2.75, 3.05) is 18.0 Å². The summed E-state index contributed by atoms with van der Waals surface area (Å²) in [5, 5.41) is 9.39. The normalized spacial score (nSPS) is 22.3. The quantitative estimate of drug-likeness (QED) is 0.814. The molecule has 0 aromatic heterocycles. The van der Waals surface area contributed by atoms with Gasteiger partial charge in [-0.05, 0) is 34.5 Å². The number of aliphatic hydroxyl groups is 1. The zero-order valence-electron chi connectivity index (χ0n) is 7.28. The van der Waals surface area contributed by atoms with Crippen LogP contribution in [-0.4, -0.2) is 24.3 Å². The molecule has 0 aliphatic carbocycles. The molecule has 0 bridgehead atoms. The summed E-state index contributed by atoms with van der Waals surface area (Å²) in [4.78, 5) is 2.20. The molecule has 1 heterocycles. The Kier molecular flexibility index (Phi) is 2.56. The molecule has 0 unspecified atom stereocenters. The van der Waals surface area contributed by atoms with Gasteiger partial charge in [0, 0.05) is 17.6 Å². The molecule has 13 heavy (non-hydrogen) atoms. The largest absolute Gasteiger partial charge is 0.391 e. The fraction of sp³-hybridized carbons (Fsp3) is 0.400. The van der Waals surface area contributed by atoms with Crippen molar-refractivity contribution in [2.24, 2.45) is 0 Å². The molecule has 1 fully saturated rings. The first-order chi connectivity index (χ1) is 6.27. The number of aliphatic hydroxyl groups excluding tert-OH is 1. The number of halogens is 1. The average molecular weight is 242 g/mol. The summed E-state index contributed by atoms with van der Waals surface area (Å²) >= 11 is 3.50. The van der Waals surface area contributed by atoms with Crippen LogP contribution in [0.4, 0.5) is 5.69 Å². The zero-order valence-corrected chi connectivity index (χ0v) is 8.87. The van der Waals surface area contributed by atoms with Crippen LogP contribution in [-0.2, 0) is 0 Å². The highest BCUT2D eigenvalue weighted by molar-refractivity contribution is 9.10. The number of β-amino-alcohol motifs (C(OH)–C–C–N with tert-alkyl or cyclic N) is 1. The van der Waals surface area contributed by atoms with Crippen molar-refractivity contribution >= 4 is 21.6 Å². The maximum atomic E-state index is 9.39. The molecule has 1 aliphatic heterocycles. The van der Waals surface area contributed by atoms with Gasteiger partial charge in [0.2, 0.25) is 0 Å². The molecule has 1 aromatic rings. The van der Waals surface area contributed by atoms with E-state index in [0.717, 1.165) is 24.0 Å². The van der Waals surface area contributed by atoms with E-state index in [-0.39, 0.29) is 6.10 Å². The Morgan fingerprint density at radius 2 is 2.15 bits per heavy atom. The summed E-state index contributed by atoms with van der Waals surface area (Å²) in [7, 11) is 0. The molecule has 0 spiro atoms. The number of para-hydroxylation sites is 1. The van der Waals surface area contributed by atoms with Crippen LogP contribution in [0.1, 0.15) is 6.42 Å². The molecule has 0 amide bonds. The van der Waals surface area contributed by atoms with E-state index >= 15 is 0 Å². The maximum Gasteiger partial charge on any atom is 0.0731 e. The van der Waals surface area contributed by atoms with E-state index in [0.29, 0.717) is 0 Å². The van der Waals surface area contributed by atoms with Gasteiger partial charge in [0.25, 0.3) is 0 Å². The third-order valence-corrected chi connectivity index (χ3v) is 3.03. The maximum absolute atomic E-state index is 9.39. The number of anilines is 1. The van der Waals surface area contributed by atoms with Crippen LogP contribution in [0.25, 0.3) is 0 Å². The lowest BCUT2D eigenvalue weighted by Gasteiger charge is -2.18. The van der Waals surface area contributed by atoms with Crippen molar-refractivity contribution in [2.45, 2.75) is 12.5 Å². The van der Waals surface area contributed by atoms with Gasteiger partial charge in [-0.2, -0.15) is 0 Å². The molecule has 0 saturated carbocycles. The van der Waals surface area contributed by atoms with Crippen LogP contribution in [0.3, 0.4) is 0 Å². The zero-order chi connectivity index (χ0) is 9.26. The fourth-order valence-electron chi connectivity index (χ4n) is 1.67. The first kappa shape index (κ1) is 9.03. The minimum absolute atomic E-state index is 0.160. The summed E-state index contributed by atoms with van der Waals surface area (Å²) < 4.78 is 1.10. The molecule has 70 valence electrons. The molecule has 1 aliphatic rings. The summed E-state index contributed by atoms with van der Waals surface area (Å²) in [5.74, 6) is 0. The second kappa shape index (κ2) is 3.68. The number of rotatable bonds is 1. The number of nitrogens with zero attached hydrogens (tertiary/aromatic N) is 1. The van der Waals surface area contributed by atoms with Crippen molar-refractivity contribution in [1.29, 1.82) is 0 Å². The van der Waals surface area contributed by atoms with Crippen LogP contribution < -0.4 is 4.90 Å². The van der Waals surface area contributed by atoms with Gasteiger partial charge in [0.1, 0.15) is 0 Å². The summed E-state index contributed by atoms with van der Waals surface area (Å²) in [6, 6.07) is 8.12. The minimum Gasteiger partial charge on any atom is -0.391 e. The molecule has 2 rings (SSSR count). The predicted molar refractivity (Wildman–Crippen MR) is 57.0 cm³/mol. The van der Waals surface area contributed by atoms with Gasteiger partial charge in [-0.25, -0.2) is 0 Å². The average Bonchev–Trinajstić information content (AvgIpc) is 2.53. The summed E-state index contributed by atoms with van der Waals surface area (Å²) in [6.45, 7) is 1.70. The van der Waals surface area contributed by atoms with Gasteiger partial charge in [-0.1, -0.05) is 12.1 Å². The van der Waals surface area contributed by atoms with Crippen molar-refractivity contribution < 1.29 is 5.11 Å². The van der Waals surface area contributed by atoms with Crippen LogP contribution in [0, 0.1) is 0 Å². The molecular formula is C10H12BrNO. The summed E-state index contributed by atoms with van der Waals surface area (Å²) in [6.07, 6.45) is 0.716. The Morgan fingerprint density at radius 1 is 1.38 bits per heavy atom. The lowest BCUT2D eigenvalue weighted by molar-refractivity contribution is 0.198. The van der Waals surface area contributed by atoms with Crippen molar-refractivity contribution in [3.63, 3.8) is 0 Å². The van der Waals surface area contributed by atoms with E-state index in [2.05, 4.69) is 26.9 Å². The SMILES string of the molecule is O[C@H]1CCN(c2ccccc2Br)C1.